The largest absolute Gasteiger partial charge is 0.459 e. The number of fused-ring (bicyclic) bond motifs is 2. The number of para-hydroxylation sites is 1. The molecule has 2 heterocycles. The zero-order valence-electron chi connectivity index (χ0n) is 10.7. The zero-order chi connectivity index (χ0) is 13.5. The summed E-state index contributed by atoms with van der Waals surface area (Å²) in [5.41, 5.74) is 8.42. The fourth-order valence-electron chi connectivity index (χ4n) is 2.55. The monoisotopic (exact) mass is 279 g/mol. The van der Waals surface area contributed by atoms with E-state index in [-0.39, 0.29) is 6.04 Å². The highest BCUT2D eigenvalue weighted by Crippen LogP contribution is 2.34. The number of benzene rings is 2. The van der Waals surface area contributed by atoms with Crippen molar-refractivity contribution in [3.63, 3.8) is 0 Å². The van der Waals surface area contributed by atoms with Gasteiger partial charge >= 0.3 is 0 Å². The van der Waals surface area contributed by atoms with Crippen LogP contribution in [0.25, 0.3) is 21.1 Å². The summed E-state index contributed by atoms with van der Waals surface area (Å²) in [6, 6.07) is 18.1. The molecule has 2 aromatic heterocycles. The molecule has 4 aromatic rings. The van der Waals surface area contributed by atoms with E-state index in [9.17, 15) is 0 Å². The minimum absolute atomic E-state index is 0.224. The van der Waals surface area contributed by atoms with Crippen LogP contribution in [0.4, 0.5) is 0 Å². The van der Waals surface area contributed by atoms with Gasteiger partial charge in [0.15, 0.2) is 0 Å². The van der Waals surface area contributed by atoms with Gasteiger partial charge in [0.1, 0.15) is 11.3 Å². The highest BCUT2D eigenvalue weighted by Gasteiger charge is 2.17. The molecule has 2 nitrogen and oxygen atoms in total. The van der Waals surface area contributed by atoms with Crippen LogP contribution in [0, 0.1) is 0 Å². The van der Waals surface area contributed by atoms with Gasteiger partial charge in [0.25, 0.3) is 0 Å². The fourth-order valence-corrected chi connectivity index (χ4v) is 3.55. The predicted octanol–water partition coefficient (Wildman–Crippen LogP) is 4.70. The summed E-state index contributed by atoms with van der Waals surface area (Å²) in [5, 5.41) is 4.44. The zero-order valence-corrected chi connectivity index (χ0v) is 11.6. The van der Waals surface area contributed by atoms with Crippen LogP contribution >= 0.6 is 11.3 Å². The van der Waals surface area contributed by atoms with Crippen LogP contribution in [0.2, 0.25) is 0 Å². The standard InChI is InChI=1S/C17H13NOS/c18-17(13-10-20-16-8-4-2-6-12(13)16)15-9-11-5-1-3-7-14(11)19-15/h1-10,17H,18H2. The van der Waals surface area contributed by atoms with Crippen molar-refractivity contribution in [1.82, 2.24) is 0 Å². The van der Waals surface area contributed by atoms with Crippen molar-refractivity contribution in [2.24, 2.45) is 5.73 Å². The number of hydrogen-bond donors (Lipinski definition) is 1. The Balaban J connectivity index is 1.85. The molecule has 2 N–H and O–H groups in total. The summed E-state index contributed by atoms with van der Waals surface area (Å²) >= 11 is 1.72. The van der Waals surface area contributed by atoms with Gasteiger partial charge in [-0.15, -0.1) is 11.3 Å². The van der Waals surface area contributed by atoms with Crippen LogP contribution in [0.1, 0.15) is 17.4 Å². The normalized spacial score (nSPS) is 13.1. The molecule has 20 heavy (non-hydrogen) atoms. The van der Waals surface area contributed by atoms with E-state index in [0.29, 0.717) is 0 Å². The Labute approximate surface area is 120 Å². The van der Waals surface area contributed by atoms with E-state index in [4.69, 9.17) is 10.2 Å². The molecule has 0 saturated carbocycles. The van der Waals surface area contributed by atoms with Crippen LogP contribution in [0.3, 0.4) is 0 Å². The maximum absolute atomic E-state index is 6.40. The smallest absolute Gasteiger partial charge is 0.134 e. The predicted molar refractivity (Wildman–Crippen MR) is 84.1 cm³/mol. The number of thiophene rings is 1. The second kappa shape index (κ2) is 4.47. The molecule has 0 aliphatic carbocycles. The average Bonchev–Trinajstić information content (AvgIpc) is 3.10. The summed E-state index contributed by atoms with van der Waals surface area (Å²) in [4.78, 5) is 0. The molecule has 0 fully saturated rings. The minimum Gasteiger partial charge on any atom is -0.459 e. The van der Waals surface area contributed by atoms with Gasteiger partial charge in [-0.25, -0.2) is 0 Å². The van der Waals surface area contributed by atoms with Crippen molar-refractivity contribution in [2.45, 2.75) is 6.04 Å². The van der Waals surface area contributed by atoms with Crippen molar-refractivity contribution in [1.29, 1.82) is 0 Å². The third-order valence-corrected chi connectivity index (χ3v) is 4.58. The van der Waals surface area contributed by atoms with E-state index in [1.54, 1.807) is 11.3 Å². The molecule has 0 bridgehead atoms. The first kappa shape index (κ1) is 11.7. The van der Waals surface area contributed by atoms with E-state index in [2.05, 4.69) is 23.6 Å². The fraction of sp³-hybridized carbons (Fsp3) is 0.0588. The van der Waals surface area contributed by atoms with Crippen molar-refractivity contribution < 1.29 is 4.42 Å². The lowest BCUT2D eigenvalue weighted by atomic mass is 10.0. The Hall–Kier alpha value is -2.10. The Kier molecular flexibility index (Phi) is 2.62. The molecular formula is C17H13NOS. The SMILES string of the molecule is NC(c1cc2ccccc2o1)c1csc2ccccc12. The Morgan fingerprint density at radius 1 is 1.00 bits per heavy atom. The lowest BCUT2D eigenvalue weighted by molar-refractivity contribution is 0.526. The van der Waals surface area contributed by atoms with E-state index in [0.717, 1.165) is 22.3 Å². The lowest BCUT2D eigenvalue weighted by Gasteiger charge is -2.07. The van der Waals surface area contributed by atoms with Crippen LogP contribution < -0.4 is 5.73 Å². The van der Waals surface area contributed by atoms with Gasteiger partial charge in [0.05, 0.1) is 6.04 Å². The van der Waals surface area contributed by atoms with Gasteiger partial charge in [0.2, 0.25) is 0 Å². The molecule has 4 rings (SSSR count). The van der Waals surface area contributed by atoms with Crippen molar-refractivity contribution in [2.75, 3.05) is 0 Å². The molecule has 2 aromatic carbocycles. The van der Waals surface area contributed by atoms with E-state index >= 15 is 0 Å². The van der Waals surface area contributed by atoms with E-state index < -0.39 is 0 Å². The molecule has 0 aliphatic heterocycles. The first-order valence-electron chi connectivity index (χ1n) is 6.53. The summed E-state index contributed by atoms with van der Waals surface area (Å²) in [6.45, 7) is 0. The second-order valence-electron chi connectivity index (χ2n) is 4.85. The van der Waals surface area contributed by atoms with Gasteiger partial charge < -0.3 is 10.2 Å². The molecule has 98 valence electrons. The van der Waals surface area contributed by atoms with Gasteiger partial charge in [-0.2, -0.15) is 0 Å². The topological polar surface area (TPSA) is 39.2 Å². The summed E-state index contributed by atoms with van der Waals surface area (Å²) in [6.07, 6.45) is 0. The Morgan fingerprint density at radius 3 is 2.70 bits per heavy atom. The van der Waals surface area contributed by atoms with Gasteiger partial charge in [-0.1, -0.05) is 36.4 Å². The number of hydrogen-bond acceptors (Lipinski definition) is 3. The van der Waals surface area contributed by atoms with Gasteiger partial charge in [0, 0.05) is 10.1 Å². The third kappa shape index (κ3) is 1.75. The lowest BCUT2D eigenvalue weighted by Crippen LogP contribution is -2.10. The van der Waals surface area contributed by atoms with Gasteiger partial charge in [-0.05, 0) is 34.5 Å². The van der Waals surface area contributed by atoms with Crippen LogP contribution in [-0.4, -0.2) is 0 Å². The summed E-state index contributed by atoms with van der Waals surface area (Å²) in [5.74, 6) is 0.815. The van der Waals surface area contributed by atoms with Crippen molar-refractivity contribution >= 4 is 32.4 Å². The Bertz CT molecular complexity index is 857. The number of rotatable bonds is 2. The second-order valence-corrected chi connectivity index (χ2v) is 5.76. The quantitative estimate of drug-likeness (QED) is 0.578. The van der Waals surface area contributed by atoms with Crippen LogP contribution in [0.5, 0.6) is 0 Å². The van der Waals surface area contributed by atoms with E-state index in [1.807, 2.05) is 36.4 Å². The molecule has 0 saturated heterocycles. The van der Waals surface area contributed by atoms with Gasteiger partial charge in [-0.3, -0.25) is 0 Å². The summed E-state index contributed by atoms with van der Waals surface area (Å²) in [7, 11) is 0. The molecule has 1 unspecified atom stereocenters. The van der Waals surface area contributed by atoms with Crippen molar-refractivity contribution in [3.8, 4) is 0 Å². The maximum Gasteiger partial charge on any atom is 0.134 e. The highest BCUT2D eigenvalue weighted by atomic mass is 32.1. The minimum atomic E-state index is -0.224. The van der Waals surface area contributed by atoms with Crippen LogP contribution in [-0.2, 0) is 0 Å². The number of nitrogens with two attached hydrogens (primary N) is 1. The molecular weight excluding hydrogens is 266 g/mol. The maximum atomic E-state index is 6.40. The first-order chi connectivity index (χ1) is 9.83. The molecule has 0 radical (unpaired) electrons. The molecule has 0 aliphatic rings. The first-order valence-corrected chi connectivity index (χ1v) is 7.41. The number of furan rings is 1. The Morgan fingerprint density at radius 2 is 1.80 bits per heavy atom. The summed E-state index contributed by atoms with van der Waals surface area (Å²) < 4.78 is 7.14. The van der Waals surface area contributed by atoms with E-state index in [1.165, 1.54) is 10.1 Å². The van der Waals surface area contributed by atoms with Crippen molar-refractivity contribution in [3.05, 3.63) is 71.3 Å². The van der Waals surface area contributed by atoms with Crippen LogP contribution in [0.15, 0.2) is 64.4 Å². The highest BCUT2D eigenvalue weighted by molar-refractivity contribution is 7.17. The molecule has 0 amide bonds. The third-order valence-electron chi connectivity index (χ3n) is 3.60. The molecule has 0 spiro atoms. The molecule has 1 atom stereocenters. The average molecular weight is 279 g/mol. The molecule has 3 heteroatoms.